The molecule has 3 heterocycles. The Morgan fingerprint density at radius 3 is 2.52 bits per heavy atom. The van der Waals surface area contributed by atoms with E-state index in [-0.39, 0.29) is 11.5 Å². The van der Waals surface area contributed by atoms with Crippen LogP contribution in [0.15, 0.2) is 48.9 Å². The second-order valence-corrected chi connectivity index (χ2v) is 4.72. The minimum atomic E-state index is -4.54. The van der Waals surface area contributed by atoms with Gasteiger partial charge in [0.15, 0.2) is 11.5 Å². The number of pyridine rings is 2. The van der Waals surface area contributed by atoms with E-state index in [2.05, 4.69) is 20.4 Å². The predicted octanol–water partition coefficient (Wildman–Crippen LogP) is 3.39. The highest BCUT2D eigenvalue weighted by Gasteiger charge is 2.36. The van der Waals surface area contributed by atoms with Crippen molar-refractivity contribution in [3.63, 3.8) is 0 Å². The summed E-state index contributed by atoms with van der Waals surface area (Å²) in [6.07, 6.45) is -0.0920. The number of halogens is 3. The third-order valence-electron chi connectivity index (χ3n) is 3.21. The Bertz CT molecular complexity index is 794. The van der Waals surface area contributed by atoms with Crippen molar-refractivity contribution < 1.29 is 13.2 Å². The van der Waals surface area contributed by atoms with E-state index in [1.807, 2.05) is 0 Å². The van der Waals surface area contributed by atoms with Crippen molar-refractivity contribution in [3.05, 3.63) is 54.6 Å². The summed E-state index contributed by atoms with van der Waals surface area (Å²) >= 11 is 0. The molecule has 0 atom stereocenters. The molecule has 3 aromatic rings. The first-order chi connectivity index (χ1) is 11.0. The number of hydrogen-bond acceptors (Lipinski definition) is 4. The molecule has 0 bridgehead atoms. The smallest absolute Gasteiger partial charge is 0.387 e. The third kappa shape index (κ3) is 3.01. The van der Waals surface area contributed by atoms with Crippen molar-refractivity contribution in [2.45, 2.75) is 6.18 Å². The lowest BCUT2D eigenvalue weighted by Crippen LogP contribution is -2.14. The molecule has 0 saturated heterocycles. The van der Waals surface area contributed by atoms with Gasteiger partial charge >= 0.3 is 6.18 Å². The first-order valence-electron chi connectivity index (χ1n) is 6.71. The Morgan fingerprint density at radius 1 is 1.13 bits per heavy atom. The normalized spacial score (nSPS) is 11.5. The number of aromatic nitrogens is 4. The van der Waals surface area contributed by atoms with Crippen molar-refractivity contribution in [1.82, 2.24) is 19.7 Å². The Labute approximate surface area is 129 Å². The van der Waals surface area contributed by atoms with Crippen LogP contribution in [0.2, 0.25) is 0 Å². The van der Waals surface area contributed by atoms with E-state index in [1.165, 1.54) is 18.5 Å². The van der Waals surface area contributed by atoms with Gasteiger partial charge in [-0.2, -0.15) is 18.3 Å². The summed E-state index contributed by atoms with van der Waals surface area (Å²) in [6, 6.07) is 7.39. The monoisotopic (exact) mass is 319 g/mol. The molecule has 23 heavy (non-hydrogen) atoms. The van der Waals surface area contributed by atoms with Crippen LogP contribution in [0, 0.1) is 0 Å². The molecule has 1 N–H and O–H groups in total. The number of nitrogens with zero attached hydrogens (tertiary/aromatic N) is 4. The molecule has 0 amide bonds. The number of alkyl halides is 3. The zero-order chi connectivity index (χ0) is 16.4. The molecule has 0 aromatic carbocycles. The molecule has 0 aliphatic rings. The Kier molecular flexibility index (Phi) is 3.73. The molecule has 5 nitrogen and oxygen atoms in total. The molecule has 118 valence electrons. The van der Waals surface area contributed by atoms with Gasteiger partial charge < -0.3 is 5.32 Å². The van der Waals surface area contributed by atoms with Crippen LogP contribution in [-0.2, 0) is 6.18 Å². The fraction of sp³-hybridized carbons (Fsp3) is 0.133. The maximum Gasteiger partial charge on any atom is 0.433 e. The molecule has 0 unspecified atom stereocenters. The van der Waals surface area contributed by atoms with Crippen LogP contribution in [0.1, 0.15) is 5.69 Å². The summed E-state index contributed by atoms with van der Waals surface area (Å²) in [5.41, 5.74) is 0.497. The SMILES string of the molecule is CNc1ccc(-n2nc(-c3cccnc3)cc2C(F)(F)F)nc1. The fourth-order valence-electron chi connectivity index (χ4n) is 2.07. The van der Waals surface area contributed by atoms with Gasteiger partial charge in [-0.25, -0.2) is 9.67 Å². The van der Waals surface area contributed by atoms with Crippen LogP contribution in [0.5, 0.6) is 0 Å². The van der Waals surface area contributed by atoms with E-state index >= 15 is 0 Å². The van der Waals surface area contributed by atoms with Crippen molar-refractivity contribution in [2.75, 3.05) is 12.4 Å². The van der Waals surface area contributed by atoms with E-state index in [0.29, 0.717) is 11.3 Å². The Hall–Kier alpha value is -2.90. The van der Waals surface area contributed by atoms with Crippen LogP contribution in [0.4, 0.5) is 18.9 Å². The lowest BCUT2D eigenvalue weighted by molar-refractivity contribution is -0.142. The second-order valence-electron chi connectivity index (χ2n) is 4.72. The quantitative estimate of drug-likeness (QED) is 0.804. The number of hydrogen-bond donors (Lipinski definition) is 1. The second kappa shape index (κ2) is 5.71. The summed E-state index contributed by atoms with van der Waals surface area (Å²) in [6.45, 7) is 0. The molecular formula is C15H12F3N5. The molecule has 0 fully saturated rings. The number of rotatable bonds is 3. The summed E-state index contributed by atoms with van der Waals surface area (Å²) in [5, 5.41) is 6.91. The lowest BCUT2D eigenvalue weighted by atomic mass is 10.2. The molecule has 0 spiro atoms. The van der Waals surface area contributed by atoms with Gasteiger partial charge in [-0.15, -0.1) is 0 Å². The number of nitrogens with one attached hydrogen (secondary N) is 1. The van der Waals surface area contributed by atoms with Crippen molar-refractivity contribution in [2.24, 2.45) is 0 Å². The molecule has 0 radical (unpaired) electrons. The third-order valence-corrected chi connectivity index (χ3v) is 3.21. The molecule has 8 heteroatoms. The molecule has 0 saturated carbocycles. The summed E-state index contributed by atoms with van der Waals surface area (Å²) in [7, 11) is 1.70. The average Bonchev–Trinajstić information content (AvgIpc) is 3.01. The highest BCUT2D eigenvalue weighted by molar-refractivity contribution is 5.59. The van der Waals surface area contributed by atoms with Crippen molar-refractivity contribution in [3.8, 4) is 17.1 Å². The van der Waals surface area contributed by atoms with Gasteiger partial charge in [0, 0.05) is 25.0 Å². The maximum absolute atomic E-state index is 13.3. The molecule has 3 rings (SSSR count). The molecule has 0 aliphatic heterocycles. The number of anilines is 1. The Balaban J connectivity index is 2.12. The van der Waals surface area contributed by atoms with Crippen LogP contribution >= 0.6 is 0 Å². The largest absolute Gasteiger partial charge is 0.433 e. The zero-order valence-corrected chi connectivity index (χ0v) is 12.0. The first kappa shape index (κ1) is 15.0. The van der Waals surface area contributed by atoms with Gasteiger partial charge in [-0.3, -0.25) is 4.98 Å². The van der Waals surface area contributed by atoms with Crippen LogP contribution in [-0.4, -0.2) is 26.8 Å². The minimum absolute atomic E-state index is 0.0893. The van der Waals surface area contributed by atoms with E-state index in [0.717, 1.165) is 10.7 Å². The first-order valence-corrected chi connectivity index (χ1v) is 6.71. The molecule has 0 aliphatic carbocycles. The zero-order valence-electron chi connectivity index (χ0n) is 12.0. The maximum atomic E-state index is 13.3. The van der Waals surface area contributed by atoms with Gasteiger partial charge in [0.25, 0.3) is 0 Å². The fourth-order valence-corrected chi connectivity index (χ4v) is 2.07. The van der Waals surface area contributed by atoms with E-state index < -0.39 is 11.9 Å². The predicted molar refractivity (Wildman–Crippen MR) is 79.1 cm³/mol. The highest BCUT2D eigenvalue weighted by Crippen LogP contribution is 2.33. The van der Waals surface area contributed by atoms with E-state index in [4.69, 9.17) is 0 Å². The molecule has 3 aromatic heterocycles. The van der Waals surface area contributed by atoms with Gasteiger partial charge in [0.2, 0.25) is 0 Å². The Morgan fingerprint density at radius 2 is 1.96 bits per heavy atom. The molecular weight excluding hydrogens is 307 g/mol. The van der Waals surface area contributed by atoms with E-state index in [9.17, 15) is 13.2 Å². The summed E-state index contributed by atoms with van der Waals surface area (Å²) in [5.74, 6) is 0.0893. The van der Waals surface area contributed by atoms with E-state index in [1.54, 1.807) is 31.4 Å². The lowest BCUT2D eigenvalue weighted by Gasteiger charge is -2.09. The van der Waals surface area contributed by atoms with Crippen LogP contribution in [0.25, 0.3) is 17.1 Å². The summed E-state index contributed by atoms with van der Waals surface area (Å²) < 4.78 is 40.7. The van der Waals surface area contributed by atoms with Crippen molar-refractivity contribution in [1.29, 1.82) is 0 Å². The summed E-state index contributed by atoms with van der Waals surface area (Å²) in [4.78, 5) is 7.93. The van der Waals surface area contributed by atoms with Gasteiger partial charge in [0.05, 0.1) is 17.6 Å². The van der Waals surface area contributed by atoms with Gasteiger partial charge in [-0.1, -0.05) is 0 Å². The average molecular weight is 319 g/mol. The van der Waals surface area contributed by atoms with Crippen molar-refractivity contribution >= 4 is 5.69 Å². The minimum Gasteiger partial charge on any atom is -0.387 e. The van der Waals surface area contributed by atoms with Crippen LogP contribution in [0.3, 0.4) is 0 Å². The van der Waals surface area contributed by atoms with Gasteiger partial charge in [-0.05, 0) is 30.3 Å². The van der Waals surface area contributed by atoms with Crippen LogP contribution < -0.4 is 5.32 Å². The topological polar surface area (TPSA) is 55.6 Å². The highest BCUT2D eigenvalue weighted by atomic mass is 19.4. The van der Waals surface area contributed by atoms with Gasteiger partial charge in [0.1, 0.15) is 0 Å². The standard InChI is InChI=1S/C15H12F3N5/c1-19-11-4-5-14(21-9-11)23-13(15(16,17)18)7-12(22-23)10-3-2-6-20-8-10/h2-9,19H,1H3.